The second-order valence-electron chi connectivity index (χ2n) is 10.1. The Kier molecular flexibility index (Phi) is 11.3. The summed E-state index contributed by atoms with van der Waals surface area (Å²) < 4.78 is 22.1. The zero-order chi connectivity index (χ0) is 30.1. The van der Waals surface area contributed by atoms with Gasteiger partial charge in [0, 0.05) is 46.7 Å². The molecule has 1 saturated heterocycles. The number of aliphatic imine (C=N–C) groups is 1. The van der Waals surface area contributed by atoms with Gasteiger partial charge in [-0.3, -0.25) is 19.9 Å². The van der Waals surface area contributed by atoms with Gasteiger partial charge < -0.3 is 18.9 Å². The van der Waals surface area contributed by atoms with E-state index in [9.17, 15) is 19.7 Å². The van der Waals surface area contributed by atoms with Crippen LogP contribution < -0.4 is 0 Å². The summed E-state index contributed by atoms with van der Waals surface area (Å²) in [5.41, 5.74) is 2.51. The van der Waals surface area contributed by atoms with Gasteiger partial charge in [-0.15, -0.1) is 11.8 Å². The van der Waals surface area contributed by atoms with E-state index >= 15 is 0 Å². The molecule has 0 amide bonds. The van der Waals surface area contributed by atoms with Gasteiger partial charge in [0.2, 0.25) is 0 Å². The number of hydrogen-bond acceptors (Lipinski definition) is 10. The Hall–Kier alpha value is -3.54. The highest BCUT2D eigenvalue weighted by atomic mass is 32.2. The van der Waals surface area contributed by atoms with E-state index in [2.05, 4.69) is 17.1 Å². The number of carbonyl (C=O) groups excluding carboxylic acids is 2. The SMILES string of the molecule is COC(=O)C1C(C)=NC(C)=C(C(=O)OCCSc2ccc(CCOC3CCCCO3)cc2)C1c1cccc([N+](=O)[O-])c1. The minimum Gasteiger partial charge on any atom is -0.468 e. The van der Waals surface area contributed by atoms with Crippen molar-refractivity contribution < 1.29 is 33.5 Å². The van der Waals surface area contributed by atoms with Crippen molar-refractivity contribution in [3.05, 3.63) is 81.0 Å². The van der Waals surface area contributed by atoms with Crippen LogP contribution in [0, 0.1) is 16.0 Å². The van der Waals surface area contributed by atoms with Gasteiger partial charge in [-0.05, 0) is 62.8 Å². The summed E-state index contributed by atoms with van der Waals surface area (Å²) in [4.78, 5) is 42.6. The van der Waals surface area contributed by atoms with E-state index in [1.807, 2.05) is 12.1 Å². The maximum absolute atomic E-state index is 13.4. The minimum absolute atomic E-state index is 0.0897. The minimum atomic E-state index is -0.920. The zero-order valence-corrected chi connectivity index (χ0v) is 24.9. The van der Waals surface area contributed by atoms with Gasteiger partial charge in [-0.25, -0.2) is 4.79 Å². The molecule has 42 heavy (non-hydrogen) atoms. The molecule has 4 rings (SSSR count). The molecule has 0 radical (unpaired) electrons. The van der Waals surface area contributed by atoms with Crippen molar-refractivity contribution in [1.29, 1.82) is 0 Å². The number of nitrogens with zero attached hydrogens (tertiary/aromatic N) is 2. The van der Waals surface area contributed by atoms with Crippen molar-refractivity contribution in [2.24, 2.45) is 10.9 Å². The molecule has 2 aromatic carbocycles. The number of ether oxygens (including phenoxy) is 4. The molecular weight excluding hydrogens is 560 g/mol. The van der Waals surface area contributed by atoms with Crippen LogP contribution in [-0.2, 0) is 35.0 Å². The van der Waals surface area contributed by atoms with E-state index in [1.165, 1.54) is 30.9 Å². The molecule has 2 aliphatic heterocycles. The molecule has 0 bridgehead atoms. The predicted molar refractivity (Wildman–Crippen MR) is 159 cm³/mol. The third kappa shape index (κ3) is 8.05. The molecule has 0 aromatic heterocycles. The van der Waals surface area contributed by atoms with Crippen molar-refractivity contribution in [1.82, 2.24) is 0 Å². The van der Waals surface area contributed by atoms with Crippen LogP contribution >= 0.6 is 11.8 Å². The maximum Gasteiger partial charge on any atom is 0.336 e. The molecule has 0 spiro atoms. The summed E-state index contributed by atoms with van der Waals surface area (Å²) in [6.45, 7) is 4.85. The molecule has 0 saturated carbocycles. The van der Waals surface area contributed by atoms with Crippen molar-refractivity contribution in [2.45, 2.75) is 56.6 Å². The quantitative estimate of drug-likeness (QED) is 0.101. The molecule has 1 fully saturated rings. The molecule has 0 N–H and O–H groups in total. The fraction of sp³-hybridized carbons (Fsp3) is 0.452. The summed E-state index contributed by atoms with van der Waals surface area (Å²) in [5.74, 6) is -2.44. The number of nitro benzene ring substituents is 1. The van der Waals surface area contributed by atoms with E-state index in [4.69, 9.17) is 18.9 Å². The molecule has 2 aliphatic rings. The van der Waals surface area contributed by atoms with Crippen LogP contribution in [0.3, 0.4) is 0 Å². The van der Waals surface area contributed by atoms with E-state index < -0.39 is 28.7 Å². The largest absolute Gasteiger partial charge is 0.468 e. The van der Waals surface area contributed by atoms with Crippen molar-refractivity contribution >= 4 is 35.1 Å². The Labute approximate surface area is 249 Å². The number of allylic oxidation sites excluding steroid dienone is 1. The first-order chi connectivity index (χ1) is 20.3. The number of nitro groups is 1. The normalized spacial score (nSPS) is 20.5. The lowest BCUT2D eigenvalue weighted by Gasteiger charge is -2.31. The van der Waals surface area contributed by atoms with Crippen LogP contribution in [0.25, 0.3) is 0 Å². The van der Waals surface area contributed by atoms with Crippen LogP contribution in [0.2, 0.25) is 0 Å². The number of non-ortho nitro benzene ring substituents is 1. The summed E-state index contributed by atoms with van der Waals surface area (Å²) in [7, 11) is 1.26. The number of carbonyl (C=O) groups is 2. The molecule has 11 heteroatoms. The fourth-order valence-electron chi connectivity index (χ4n) is 5.20. The van der Waals surface area contributed by atoms with E-state index in [0.29, 0.717) is 29.3 Å². The first kappa shape index (κ1) is 31.4. The van der Waals surface area contributed by atoms with E-state index in [-0.39, 0.29) is 24.2 Å². The summed E-state index contributed by atoms with van der Waals surface area (Å²) >= 11 is 1.56. The van der Waals surface area contributed by atoms with Crippen LogP contribution in [0.4, 0.5) is 5.69 Å². The van der Waals surface area contributed by atoms with Gasteiger partial charge in [-0.2, -0.15) is 0 Å². The standard InChI is InChI=1S/C31H36N2O8S/c1-20-27(30(34)38-3)29(23-7-6-8-24(19-23)33(36)37)28(21(2)32-20)31(35)41-17-18-42-25-12-10-22(11-13-25)14-16-40-26-9-4-5-15-39-26/h6-8,10-13,19,26-27,29H,4-5,9,14-18H2,1-3H3. The highest BCUT2D eigenvalue weighted by Crippen LogP contribution is 2.41. The van der Waals surface area contributed by atoms with Crippen molar-refractivity contribution in [3.8, 4) is 0 Å². The number of methoxy groups -OCH3 is 1. The van der Waals surface area contributed by atoms with Gasteiger partial charge >= 0.3 is 11.9 Å². The summed E-state index contributed by atoms with van der Waals surface area (Å²) in [6.07, 6.45) is 3.90. The first-order valence-electron chi connectivity index (χ1n) is 14.0. The van der Waals surface area contributed by atoms with Gasteiger partial charge in [-0.1, -0.05) is 24.3 Å². The number of esters is 2. The summed E-state index contributed by atoms with van der Waals surface area (Å²) in [5, 5.41) is 11.4. The molecule has 3 atom stereocenters. The smallest absolute Gasteiger partial charge is 0.336 e. The number of benzene rings is 2. The first-order valence-corrected chi connectivity index (χ1v) is 15.0. The van der Waals surface area contributed by atoms with Crippen LogP contribution in [0.5, 0.6) is 0 Å². The average molecular weight is 597 g/mol. The molecular formula is C31H36N2O8S. The Morgan fingerprint density at radius 1 is 1.12 bits per heavy atom. The van der Waals surface area contributed by atoms with E-state index in [0.717, 1.165) is 37.2 Å². The zero-order valence-electron chi connectivity index (χ0n) is 24.1. The molecule has 224 valence electrons. The van der Waals surface area contributed by atoms with Crippen LogP contribution in [0.1, 0.15) is 50.2 Å². The summed E-state index contributed by atoms with van der Waals surface area (Å²) in [6, 6.07) is 14.1. The highest BCUT2D eigenvalue weighted by Gasteiger charge is 2.42. The molecule has 2 heterocycles. The van der Waals surface area contributed by atoms with Crippen LogP contribution in [-0.4, -0.2) is 61.5 Å². The number of rotatable bonds is 12. The van der Waals surface area contributed by atoms with Crippen LogP contribution in [0.15, 0.2) is 69.7 Å². The van der Waals surface area contributed by atoms with Gasteiger partial charge in [0.1, 0.15) is 12.5 Å². The third-order valence-electron chi connectivity index (χ3n) is 7.28. The van der Waals surface area contributed by atoms with Gasteiger partial charge in [0.25, 0.3) is 5.69 Å². The monoisotopic (exact) mass is 596 g/mol. The van der Waals surface area contributed by atoms with Gasteiger partial charge in [0.15, 0.2) is 6.29 Å². The average Bonchev–Trinajstić information content (AvgIpc) is 2.99. The van der Waals surface area contributed by atoms with E-state index in [1.54, 1.807) is 31.7 Å². The fourth-order valence-corrected chi connectivity index (χ4v) is 5.93. The lowest BCUT2D eigenvalue weighted by molar-refractivity contribution is -0.384. The number of hydrogen-bond donors (Lipinski definition) is 0. The Morgan fingerprint density at radius 2 is 1.90 bits per heavy atom. The lowest BCUT2D eigenvalue weighted by Crippen LogP contribution is -2.36. The Morgan fingerprint density at radius 3 is 2.60 bits per heavy atom. The number of thioether (sulfide) groups is 1. The molecule has 3 unspecified atom stereocenters. The van der Waals surface area contributed by atoms with Crippen molar-refractivity contribution in [3.63, 3.8) is 0 Å². The molecule has 2 aromatic rings. The predicted octanol–water partition coefficient (Wildman–Crippen LogP) is 5.64. The highest BCUT2D eigenvalue weighted by molar-refractivity contribution is 7.99. The second-order valence-corrected chi connectivity index (χ2v) is 11.3. The Bertz CT molecular complexity index is 1330. The van der Waals surface area contributed by atoms with Crippen molar-refractivity contribution in [2.75, 3.05) is 32.7 Å². The van der Waals surface area contributed by atoms with Gasteiger partial charge in [0.05, 0.1) is 24.2 Å². The Balaban J connectivity index is 1.36. The molecule has 10 nitrogen and oxygen atoms in total. The maximum atomic E-state index is 13.4. The topological polar surface area (TPSA) is 127 Å². The third-order valence-corrected chi connectivity index (χ3v) is 8.26. The molecule has 0 aliphatic carbocycles. The second kappa shape index (κ2) is 15.1. The lowest BCUT2D eigenvalue weighted by atomic mass is 9.75.